The number of nitrogens with zero attached hydrogens (tertiary/aromatic N) is 2. The number of anilines is 2. The number of nitrogens with one attached hydrogen (secondary N) is 1. The van der Waals surface area contributed by atoms with Gasteiger partial charge in [0.1, 0.15) is 5.75 Å². The van der Waals surface area contributed by atoms with Crippen LogP contribution >= 0.6 is 0 Å². The predicted octanol–water partition coefficient (Wildman–Crippen LogP) is 2.55. The number of piperazine rings is 1. The Labute approximate surface area is 170 Å². The molecule has 1 aliphatic heterocycles. The molecule has 0 saturated carbocycles. The maximum atomic E-state index is 12.3. The zero-order chi connectivity index (χ0) is 20.6. The van der Waals surface area contributed by atoms with Crippen LogP contribution in [0.5, 0.6) is 5.75 Å². The van der Waals surface area contributed by atoms with E-state index in [0.29, 0.717) is 12.2 Å². The van der Waals surface area contributed by atoms with Crippen LogP contribution in [0.25, 0.3) is 0 Å². The number of rotatable bonds is 8. The Morgan fingerprint density at radius 1 is 1.03 bits per heavy atom. The smallest absolute Gasteiger partial charge is 0.308 e. The van der Waals surface area contributed by atoms with Crippen molar-refractivity contribution in [1.82, 2.24) is 4.90 Å². The van der Waals surface area contributed by atoms with Crippen molar-refractivity contribution in [3.63, 3.8) is 0 Å². The first-order chi connectivity index (χ1) is 14.1. The van der Waals surface area contributed by atoms with E-state index in [1.807, 2.05) is 42.5 Å². The van der Waals surface area contributed by atoms with E-state index in [4.69, 9.17) is 4.74 Å². The van der Waals surface area contributed by atoms with E-state index < -0.39 is 11.9 Å². The van der Waals surface area contributed by atoms with Crippen molar-refractivity contribution >= 4 is 23.3 Å². The molecule has 0 spiro atoms. The van der Waals surface area contributed by atoms with Gasteiger partial charge in [0.05, 0.1) is 18.7 Å². The topological polar surface area (TPSA) is 82.1 Å². The summed E-state index contributed by atoms with van der Waals surface area (Å²) in [5.41, 5.74) is 1.72. The molecule has 154 valence electrons. The number of hydrogen-bond acceptors (Lipinski definition) is 5. The van der Waals surface area contributed by atoms with E-state index >= 15 is 0 Å². The van der Waals surface area contributed by atoms with Gasteiger partial charge in [-0.15, -0.1) is 0 Å². The van der Waals surface area contributed by atoms with Gasteiger partial charge in [0.2, 0.25) is 5.91 Å². The highest BCUT2D eigenvalue weighted by Gasteiger charge is 2.27. The molecule has 0 aromatic heterocycles. The second-order valence-corrected chi connectivity index (χ2v) is 7.11. The Hall–Kier alpha value is -3.06. The molecular formula is C22H27N3O4. The molecule has 2 N–H and O–H groups in total. The fraction of sp³-hybridized carbons (Fsp3) is 0.364. The lowest BCUT2D eigenvalue weighted by atomic mass is 10.0. The van der Waals surface area contributed by atoms with Gasteiger partial charge >= 0.3 is 5.97 Å². The van der Waals surface area contributed by atoms with E-state index in [0.717, 1.165) is 37.6 Å². The molecule has 1 amide bonds. The van der Waals surface area contributed by atoms with Crippen molar-refractivity contribution in [3.05, 3.63) is 54.6 Å². The number of carboxylic acid groups (broad SMARTS) is 1. The third-order valence-corrected chi connectivity index (χ3v) is 5.12. The predicted molar refractivity (Wildman–Crippen MR) is 112 cm³/mol. The molecule has 7 nitrogen and oxygen atoms in total. The summed E-state index contributed by atoms with van der Waals surface area (Å²) in [5.74, 6) is -1.13. The molecule has 0 radical (unpaired) electrons. The third-order valence-electron chi connectivity index (χ3n) is 5.12. The number of para-hydroxylation sites is 3. The van der Waals surface area contributed by atoms with E-state index in [-0.39, 0.29) is 12.3 Å². The summed E-state index contributed by atoms with van der Waals surface area (Å²) < 4.78 is 5.44. The van der Waals surface area contributed by atoms with Crippen LogP contribution in [0.3, 0.4) is 0 Å². The Balaban J connectivity index is 1.53. The lowest BCUT2D eigenvalue weighted by Crippen LogP contribution is -2.49. The van der Waals surface area contributed by atoms with E-state index in [1.165, 1.54) is 0 Å². The Morgan fingerprint density at radius 3 is 2.34 bits per heavy atom. The highest BCUT2D eigenvalue weighted by atomic mass is 16.5. The molecule has 1 unspecified atom stereocenters. The van der Waals surface area contributed by atoms with Crippen molar-refractivity contribution in [3.8, 4) is 5.75 Å². The molecule has 1 atom stereocenters. The number of carboxylic acids is 1. The number of hydrogen-bond donors (Lipinski definition) is 2. The first-order valence-electron chi connectivity index (χ1n) is 9.75. The van der Waals surface area contributed by atoms with Gasteiger partial charge in [0, 0.05) is 44.8 Å². The van der Waals surface area contributed by atoms with Gasteiger partial charge in [-0.25, -0.2) is 0 Å². The molecule has 1 heterocycles. The quantitative estimate of drug-likeness (QED) is 0.712. The second-order valence-electron chi connectivity index (χ2n) is 7.11. The van der Waals surface area contributed by atoms with Crippen molar-refractivity contribution in [2.75, 3.05) is 50.1 Å². The summed E-state index contributed by atoms with van der Waals surface area (Å²) in [6.07, 6.45) is -0.0447. The summed E-state index contributed by atoms with van der Waals surface area (Å²) in [4.78, 5) is 28.3. The van der Waals surface area contributed by atoms with Crippen molar-refractivity contribution in [2.45, 2.75) is 6.42 Å². The van der Waals surface area contributed by atoms with Gasteiger partial charge in [-0.3, -0.25) is 14.5 Å². The SMILES string of the molecule is COc1ccccc1N1CCN(CC(CC(=O)Nc2ccccc2)C(=O)O)CC1. The average molecular weight is 397 g/mol. The standard InChI is InChI=1S/C22H27N3O4/c1-29-20-10-6-5-9-19(20)25-13-11-24(12-14-25)16-17(22(27)28)15-21(26)23-18-7-3-2-4-8-18/h2-10,17H,11-16H2,1H3,(H,23,26)(H,27,28). The second kappa shape index (κ2) is 9.93. The number of carbonyl (C=O) groups excluding carboxylic acids is 1. The first kappa shape index (κ1) is 20.7. The molecule has 0 aliphatic carbocycles. The van der Waals surface area contributed by atoms with E-state index in [2.05, 4.69) is 15.1 Å². The van der Waals surface area contributed by atoms with Gasteiger partial charge in [0.25, 0.3) is 0 Å². The van der Waals surface area contributed by atoms with Crippen molar-refractivity contribution in [1.29, 1.82) is 0 Å². The zero-order valence-corrected chi connectivity index (χ0v) is 16.6. The molecule has 2 aromatic rings. The minimum atomic E-state index is -0.944. The Bertz CT molecular complexity index is 820. The molecule has 2 aromatic carbocycles. The van der Waals surface area contributed by atoms with Gasteiger partial charge in [-0.05, 0) is 24.3 Å². The number of aliphatic carboxylic acids is 1. The fourth-order valence-corrected chi connectivity index (χ4v) is 3.56. The summed E-state index contributed by atoms with van der Waals surface area (Å²) in [6, 6.07) is 17.0. The minimum Gasteiger partial charge on any atom is -0.495 e. The van der Waals surface area contributed by atoms with Gasteiger partial charge in [-0.2, -0.15) is 0 Å². The van der Waals surface area contributed by atoms with Crippen LogP contribution in [0.4, 0.5) is 11.4 Å². The van der Waals surface area contributed by atoms with Crippen LogP contribution in [-0.4, -0.2) is 61.7 Å². The van der Waals surface area contributed by atoms with Gasteiger partial charge < -0.3 is 20.1 Å². The van der Waals surface area contributed by atoms with Crippen LogP contribution in [0.2, 0.25) is 0 Å². The maximum absolute atomic E-state index is 12.3. The molecule has 0 bridgehead atoms. The number of carbonyl (C=O) groups is 2. The fourth-order valence-electron chi connectivity index (χ4n) is 3.56. The number of methoxy groups -OCH3 is 1. The maximum Gasteiger partial charge on any atom is 0.308 e. The summed E-state index contributed by atoms with van der Waals surface area (Å²) >= 11 is 0. The average Bonchev–Trinajstić information content (AvgIpc) is 2.74. The largest absolute Gasteiger partial charge is 0.495 e. The molecule has 7 heteroatoms. The molecule has 1 saturated heterocycles. The molecule has 29 heavy (non-hydrogen) atoms. The van der Waals surface area contributed by atoms with E-state index in [1.54, 1.807) is 19.2 Å². The summed E-state index contributed by atoms with van der Waals surface area (Å²) in [7, 11) is 1.66. The first-order valence-corrected chi connectivity index (χ1v) is 9.75. The third kappa shape index (κ3) is 5.71. The Kier molecular flexibility index (Phi) is 7.08. The van der Waals surface area contributed by atoms with Crippen LogP contribution in [0.1, 0.15) is 6.42 Å². The van der Waals surface area contributed by atoms with Crippen molar-refractivity contribution < 1.29 is 19.4 Å². The molecule has 1 fully saturated rings. The van der Waals surface area contributed by atoms with Crippen molar-refractivity contribution in [2.24, 2.45) is 5.92 Å². The number of ether oxygens (including phenoxy) is 1. The van der Waals surface area contributed by atoms with Gasteiger partial charge in [0.15, 0.2) is 0 Å². The summed E-state index contributed by atoms with van der Waals surface area (Å²) in [5, 5.41) is 12.3. The normalized spacial score (nSPS) is 15.6. The molecule has 3 rings (SSSR count). The monoisotopic (exact) mass is 397 g/mol. The van der Waals surface area contributed by atoms with Crippen LogP contribution in [0.15, 0.2) is 54.6 Å². The van der Waals surface area contributed by atoms with Crippen LogP contribution in [-0.2, 0) is 9.59 Å². The number of amides is 1. The van der Waals surface area contributed by atoms with Crippen LogP contribution in [0, 0.1) is 5.92 Å². The number of benzene rings is 2. The Morgan fingerprint density at radius 2 is 1.69 bits per heavy atom. The minimum absolute atomic E-state index is 0.0447. The molecule has 1 aliphatic rings. The van der Waals surface area contributed by atoms with Crippen LogP contribution < -0.4 is 15.0 Å². The summed E-state index contributed by atoms with van der Waals surface area (Å²) in [6.45, 7) is 3.40. The molecular weight excluding hydrogens is 370 g/mol. The highest BCUT2D eigenvalue weighted by Crippen LogP contribution is 2.28. The lowest BCUT2D eigenvalue weighted by Gasteiger charge is -2.37. The van der Waals surface area contributed by atoms with E-state index in [9.17, 15) is 14.7 Å². The van der Waals surface area contributed by atoms with Gasteiger partial charge in [-0.1, -0.05) is 30.3 Å². The highest BCUT2D eigenvalue weighted by molar-refractivity contribution is 5.93. The lowest BCUT2D eigenvalue weighted by molar-refractivity contribution is -0.144. The zero-order valence-electron chi connectivity index (χ0n) is 16.6.